The summed E-state index contributed by atoms with van der Waals surface area (Å²) < 4.78 is 10.6. The first-order valence-corrected chi connectivity index (χ1v) is 12.7. The van der Waals surface area contributed by atoms with Crippen LogP contribution in [0.5, 0.6) is 0 Å². The lowest BCUT2D eigenvalue weighted by Crippen LogP contribution is -2.48. The Morgan fingerprint density at radius 1 is 1.12 bits per heavy atom. The van der Waals surface area contributed by atoms with Crippen LogP contribution in [0.3, 0.4) is 0 Å². The SMILES string of the molecule is CCOC(=O)C(CCSC)NC(=O)CN1CC=NCCN=CCN(C(=O)OC(C)(C)C)CC1. The molecule has 0 fully saturated rings. The maximum Gasteiger partial charge on any atom is 0.410 e. The Kier molecular flexibility index (Phi) is 13.7. The standard InChI is InChI=1S/C22H39N5O5S/c1-6-31-20(29)18(7-16-33-5)25-19(28)17-26-12-10-23-8-9-24-11-13-27(15-14-26)21(30)32-22(2,3)4/h10-11,18H,6-9,12-17H2,1-5H3,(H,25,28). The minimum Gasteiger partial charge on any atom is -0.464 e. The van der Waals surface area contributed by atoms with E-state index in [0.717, 1.165) is 5.75 Å². The Balaban J connectivity index is 2.82. The van der Waals surface area contributed by atoms with Gasteiger partial charge in [-0.2, -0.15) is 11.8 Å². The van der Waals surface area contributed by atoms with Gasteiger partial charge in [-0.3, -0.25) is 19.7 Å². The Bertz CT molecular complexity index is 681. The highest BCUT2D eigenvalue weighted by Crippen LogP contribution is 2.10. The second-order valence-electron chi connectivity index (χ2n) is 8.49. The molecule has 1 heterocycles. The highest BCUT2D eigenvalue weighted by atomic mass is 32.2. The number of carbonyl (C=O) groups excluding carboxylic acids is 3. The Hall–Kier alpha value is -2.14. The van der Waals surface area contributed by atoms with Gasteiger partial charge in [-0.25, -0.2) is 9.59 Å². The zero-order valence-electron chi connectivity index (χ0n) is 20.5. The number of hydrogen-bond acceptors (Lipinski definition) is 9. The first kappa shape index (κ1) is 28.9. The smallest absolute Gasteiger partial charge is 0.410 e. The van der Waals surface area contributed by atoms with Gasteiger partial charge in [0.2, 0.25) is 5.91 Å². The molecule has 1 aliphatic heterocycles. The molecule has 10 nitrogen and oxygen atoms in total. The molecule has 0 spiro atoms. The minimum atomic E-state index is -0.680. The summed E-state index contributed by atoms with van der Waals surface area (Å²) in [5, 5.41) is 2.80. The van der Waals surface area contributed by atoms with Crippen LogP contribution in [0.15, 0.2) is 9.98 Å². The number of nitrogens with one attached hydrogen (secondary N) is 1. The average Bonchev–Trinajstić information content (AvgIpc) is 2.72. The molecule has 1 aliphatic rings. The van der Waals surface area contributed by atoms with E-state index in [1.807, 2.05) is 31.9 Å². The van der Waals surface area contributed by atoms with Crippen molar-refractivity contribution in [2.24, 2.45) is 9.98 Å². The molecule has 0 saturated heterocycles. The molecule has 0 aromatic heterocycles. The molecule has 1 rings (SSSR count). The maximum atomic E-state index is 12.7. The fraction of sp³-hybridized carbons (Fsp3) is 0.773. The third kappa shape index (κ3) is 13.2. The summed E-state index contributed by atoms with van der Waals surface area (Å²) in [6, 6.07) is -0.680. The number of hydrogen-bond donors (Lipinski definition) is 1. The topological polar surface area (TPSA) is 113 Å². The van der Waals surface area contributed by atoms with Gasteiger partial charge >= 0.3 is 12.1 Å². The van der Waals surface area contributed by atoms with Crippen molar-refractivity contribution in [3.63, 3.8) is 0 Å². The molecule has 33 heavy (non-hydrogen) atoms. The van der Waals surface area contributed by atoms with Crippen molar-refractivity contribution in [2.45, 2.75) is 45.8 Å². The molecule has 2 amide bonds. The fourth-order valence-electron chi connectivity index (χ4n) is 2.88. The van der Waals surface area contributed by atoms with E-state index in [-0.39, 0.29) is 19.1 Å². The van der Waals surface area contributed by atoms with Crippen LogP contribution in [-0.4, -0.2) is 116 Å². The summed E-state index contributed by atoms with van der Waals surface area (Å²) in [6.07, 6.45) is 5.45. The van der Waals surface area contributed by atoms with Crippen LogP contribution in [0.4, 0.5) is 4.79 Å². The van der Waals surface area contributed by atoms with Gasteiger partial charge in [0.25, 0.3) is 0 Å². The number of thioether (sulfide) groups is 1. The quantitative estimate of drug-likeness (QED) is 0.518. The summed E-state index contributed by atoms with van der Waals surface area (Å²) in [5.41, 5.74) is -0.608. The van der Waals surface area contributed by atoms with Crippen LogP contribution in [0, 0.1) is 0 Å². The van der Waals surface area contributed by atoms with Gasteiger partial charge in [0, 0.05) is 32.1 Å². The molecule has 1 N–H and O–H groups in total. The molecular weight excluding hydrogens is 446 g/mol. The van der Waals surface area contributed by atoms with Crippen molar-refractivity contribution >= 4 is 42.2 Å². The number of rotatable bonds is 8. The summed E-state index contributed by atoms with van der Waals surface area (Å²) >= 11 is 1.60. The first-order valence-electron chi connectivity index (χ1n) is 11.3. The van der Waals surface area contributed by atoms with Crippen LogP contribution in [0.2, 0.25) is 0 Å². The van der Waals surface area contributed by atoms with Gasteiger partial charge in [0.05, 0.1) is 32.8 Å². The van der Waals surface area contributed by atoms with E-state index >= 15 is 0 Å². The average molecular weight is 486 g/mol. The lowest BCUT2D eigenvalue weighted by atomic mass is 10.2. The third-order valence-electron chi connectivity index (χ3n) is 4.48. The van der Waals surface area contributed by atoms with Crippen molar-refractivity contribution in [3.05, 3.63) is 0 Å². The van der Waals surface area contributed by atoms with Gasteiger partial charge in [-0.05, 0) is 46.1 Å². The van der Waals surface area contributed by atoms with E-state index in [1.54, 1.807) is 36.0 Å². The first-order chi connectivity index (χ1) is 15.7. The van der Waals surface area contributed by atoms with Gasteiger partial charge in [0.1, 0.15) is 11.6 Å². The van der Waals surface area contributed by atoms with Gasteiger partial charge < -0.3 is 19.7 Å². The zero-order valence-corrected chi connectivity index (χ0v) is 21.4. The molecule has 188 valence electrons. The van der Waals surface area contributed by atoms with Gasteiger partial charge in [-0.1, -0.05) is 0 Å². The number of esters is 1. The van der Waals surface area contributed by atoms with Crippen molar-refractivity contribution in [2.75, 3.05) is 64.4 Å². The molecule has 0 aromatic carbocycles. The second kappa shape index (κ2) is 15.7. The van der Waals surface area contributed by atoms with E-state index in [0.29, 0.717) is 45.7 Å². The molecule has 0 saturated carbocycles. The maximum absolute atomic E-state index is 12.7. The monoisotopic (exact) mass is 485 g/mol. The van der Waals surface area contributed by atoms with Crippen molar-refractivity contribution in [1.82, 2.24) is 15.1 Å². The van der Waals surface area contributed by atoms with Crippen LogP contribution in [0.25, 0.3) is 0 Å². The van der Waals surface area contributed by atoms with Crippen molar-refractivity contribution < 1.29 is 23.9 Å². The molecule has 1 unspecified atom stereocenters. The summed E-state index contributed by atoms with van der Waals surface area (Å²) in [5.74, 6) is 0.0255. The molecule has 11 heteroatoms. The Labute approximate surface area is 201 Å². The summed E-state index contributed by atoms with van der Waals surface area (Å²) in [7, 11) is 0. The predicted molar refractivity (Wildman–Crippen MR) is 133 cm³/mol. The molecule has 0 bridgehead atoms. The van der Waals surface area contributed by atoms with E-state index in [4.69, 9.17) is 9.47 Å². The van der Waals surface area contributed by atoms with Crippen LogP contribution >= 0.6 is 11.8 Å². The largest absolute Gasteiger partial charge is 0.464 e. The summed E-state index contributed by atoms with van der Waals surface area (Å²) in [4.78, 5) is 49.6. The van der Waals surface area contributed by atoms with E-state index in [1.165, 1.54) is 0 Å². The third-order valence-corrected chi connectivity index (χ3v) is 5.12. The van der Waals surface area contributed by atoms with Crippen LogP contribution in [0.1, 0.15) is 34.1 Å². The predicted octanol–water partition coefficient (Wildman–Crippen LogP) is 1.48. The highest BCUT2D eigenvalue weighted by molar-refractivity contribution is 7.98. The number of aliphatic imine (C=N–C) groups is 2. The second-order valence-corrected chi connectivity index (χ2v) is 9.48. The van der Waals surface area contributed by atoms with E-state index in [2.05, 4.69) is 15.3 Å². The Morgan fingerprint density at radius 2 is 1.79 bits per heavy atom. The number of amides is 2. The van der Waals surface area contributed by atoms with E-state index < -0.39 is 23.7 Å². The van der Waals surface area contributed by atoms with Crippen molar-refractivity contribution in [1.29, 1.82) is 0 Å². The highest BCUT2D eigenvalue weighted by Gasteiger charge is 2.24. The molecule has 0 aliphatic carbocycles. The lowest BCUT2D eigenvalue weighted by molar-refractivity contribution is -0.147. The fourth-order valence-corrected chi connectivity index (χ4v) is 3.35. The number of ether oxygens (including phenoxy) is 2. The molecule has 0 radical (unpaired) electrons. The zero-order chi connectivity index (χ0) is 24.7. The summed E-state index contributed by atoms with van der Waals surface area (Å²) in [6.45, 7) is 10.1. The molecule has 1 atom stereocenters. The lowest BCUT2D eigenvalue weighted by Gasteiger charge is -2.29. The number of nitrogens with zero attached hydrogens (tertiary/aromatic N) is 4. The van der Waals surface area contributed by atoms with Gasteiger partial charge in [-0.15, -0.1) is 0 Å². The normalized spacial score (nSPS) is 16.9. The minimum absolute atomic E-state index is 0.0669. The van der Waals surface area contributed by atoms with Crippen LogP contribution < -0.4 is 5.32 Å². The van der Waals surface area contributed by atoms with E-state index in [9.17, 15) is 14.4 Å². The Morgan fingerprint density at radius 3 is 2.39 bits per heavy atom. The van der Waals surface area contributed by atoms with Crippen molar-refractivity contribution in [3.8, 4) is 0 Å². The number of carbonyl (C=O) groups is 3. The molecule has 0 aromatic rings. The van der Waals surface area contributed by atoms with Crippen LogP contribution in [-0.2, 0) is 19.1 Å². The molecular formula is C22H39N5O5S. The van der Waals surface area contributed by atoms with Gasteiger partial charge in [0.15, 0.2) is 0 Å².